The molecular weight excluding hydrogens is 266 g/mol. The highest BCUT2D eigenvalue weighted by molar-refractivity contribution is 5.84. The summed E-state index contributed by atoms with van der Waals surface area (Å²) < 4.78 is 0. The number of carbonyl (C=O) groups is 2. The van der Waals surface area contributed by atoms with Gasteiger partial charge >= 0.3 is 0 Å². The Morgan fingerprint density at radius 3 is 2.48 bits per heavy atom. The Morgan fingerprint density at radius 2 is 1.95 bits per heavy atom. The minimum Gasteiger partial charge on any atom is -0.355 e. The third-order valence-corrected chi connectivity index (χ3v) is 4.42. The van der Waals surface area contributed by atoms with Crippen molar-refractivity contribution in [3.8, 4) is 0 Å². The fourth-order valence-corrected chi connectivity index (χ4v) is 3.17. The Balaban J connectivity index is 2.45. The predicted octanol–water partition coefficient (Wildman–Crippen LogP) is 1.53. The molecular formula is C16H31N3O2. The maximum absolute atomic E-state index is 12.5. The quantitative estimate of drug-likeness (QED) is 0.714. The van der Waals surface area contributed by atoms with Gasteiger partial charge in [-0.05, 0) is 39.7 Å². The second kappa shape index (κ2) is 9.03. The van der Waals surface area contributed by atoms with E-state index in [1.807, 2.05) is 13.8 Å². The van der Waals surface area contributed by atoms with Crippen LogP contribution >= 0.6 is 0 Å². The van der Waals surface area contributed by atoms with Gasteiger partial charge in [0.25, 0.3) is 0 Å². The van der Waals surface area contributed by atoms with Gasteiger partial charge in [-0.25, -0.2) is 0 Å². The van der Waals surface area contributed by atoms with E-state index in [9.17, 15) is 9.59 Å². The van der Waals surface area contributed by atoms with Crippen molar-refractivity contribution in [3.05, 3.63) is 0 Å². The van der Waals surface area contributed by atoms with Crippen molar-refractivity contribution in [1.29, 1.82) is 0 Å². The molecule has 1 saturated heterocycles. The summed E-state index contributed by atoms with van der Waals surface area (Å²) in [4.78, 5) is 26.3. The van der Waals surface area contributed by atoms with Gasteiger partial charge in [0.2, 0.25) is 11.8 Å². The smallest absolute Gasteiger partial charge is 0.227 e. The van der Waals surface area contributed by atoms with Crippen LogP contribution in [0, 0.1) is 5.41 Å². The summed E-state index contributed by atoms with van der Waals surface area (Å²) in [5.74, 6) is 0.232. The molecule has 1 fully saturated rings. The molecule has 1 aliphatic rings. The van der Waals surface area contributed by atoms with E-state index in [2.05, 4.69) is 17.6 Å². The lowest BCUT2D eigenvalue weighted by Gasteiger charge is -2.36. The van der Waals surface area contributed by atoms with Crippen molar-refractivity contribution in [2.45, 2.75) is 52.9 Å². The normalized spacial score (nSPS) is 21.9. The molecule has 1 unspecified atom stereocenters. The van der Waals surface area contributed by atoms with Crippen LogP contribution in [-0.2, 0) is 9.59 Å². The Hall–Kier alpha value is -1.10. The number of nitrogens with one attached hydrogen (secondary N) is 2. The van der Waals surface area contributed by atoms with Crippen molar-refractivity contribution in [3.63, 3.8) is 0 Å². The Bertz CT molecular complexity index is 329. The van der Waals surface area contributed by atoms with Crippen molar-refractivity contribution < 1.29 is 9.59 Å². The van der Waals surface area contributed by atoms with Crippen LogP contribution in [0.1, 0.15) is 52.9 Å². The lowest BCUT2D eigenvalue weighted by Crippen LogP contribution is -2.51. The highest BCUT2D eigenvalue weighted by Crippen LogP contribution is 2.31. The second-order valence-corrected chi connectivity index (χ2v) is 5.88. The van der Waals surface area contributed by atoms with Gasteiger partial charge in [-0.2, -0.15) is 0 Å². The lowest BCUT2D eigenvalue weighted by atomic mass is 9.76. The summed E-state index contributed by atoms with van der Waals surface area (Å²) in [6.07, 6.45) is 4.31. The molecule has 0 aromatic carbocycles. The number of nitrogens with zero attached hydrogens (tertiary/aromatic N) is 1. The summed E-state index contributed by atoms with van der Waals surface area (Å²) in [5.41, 5.74) is -0.273. The van der Waals surface area contributed by atoms with E-state index >= 15 is 0 Å². The van der Waals surface area contributed by atoms with Gasteiger partial charge in [-0.1, -0.05) is 13.3 Å². The van der Waals surface area contributed by atoms with Crippen molar-refractivity contribution in [2.24, 2.45) is 5.41 Å². The minimum atomic E-state index is -0.273. The SMILES string of the molecule is CCCC1(C(=O)NCCC(=O)N(CC)CC)CCCNC1. The van der Waals surface area contributed by atoms with Crippen molar-refractivity contribution in [1.82, 2.24) is 15.5 Å². The zero-order chi connectivity index (χ0) is 15.7. The minimum absolute atomic E-state index is 0.115. The number of amides is 2. The maximum Gasteiger partial charge on any atom is 0.227 e. The summed E-state index contributed by atoms with van der Waals surface area (Å²) in [6.45, 7) is 9.73. The largest absolute Gasteiger partial charge is 0.355 e. The van der Waals surface area contributed by atoms with E-state index in [1.165, 1.54) is 0 Å². The molecule has 122 valence electrons. The topological polar surface area (TPSA) is 61.4 Å². The second-order valence-electron chi connectivity index (χ2n) is 5.88. The van der Waals surface area contributed by atoms with Gasteiger partial charge in [0.05, 0.1) is 5.41 Å². The molecule has 2 amide bonds. The third kappa shape index (κ3) is 4.99. The Kier molecular flexibility index (Phi) is 7.72. The first-order valence-corrected chi connectivity index (χ1v) is 8.36. The average Bonchev–Trinajstić information content (AvgIpc) is 2.49. The van der Waals surface area contributed by atoms with Crippen molar-refractivity contribution >= 4 is 11.8 Å². The average molecular weight is 297 g/mol. The zero-order valence-corrected chi connectivity index (χ0v) is 13.8. The number of rotatable bonds is 8. The zero-order valence-electron chi connectivity index (χ0n) is 13.8. The number of carbonyl (C=O) groups excluding carboxylic acids is 2. The Morgan fingerprint density at radius 1 is 1.24 bits per heavy atom. The Labute approximate surface area is 128 Å². The highest BCUT2D eigenvalue weighted by Gasteiger charge is 2.38. The molecule has 21 heavy (non-hydrogen) atoms. The van der Waals surface area contributed by atoms with Crippen LogP contribution in [0.4, 0.5) is 0 Å². The molecule has 1 rings (SSSR count). The molecule has 0 aliphatic carbocycles. The van der Waals surface area contributed by atoms with Crippen LogP contribution in [0.5, 0.6) is 0 Å². The third-order valence-electron chi connectivity index (χ3n) is 4.42. The molecule has 5 heteroatoms. The number of piperidine rings is 1. The van der Waals surface area contributed by atoms with E-state index in [1.54, 1.807) is 4.90 Å². The molecule has 0 radical (unpaired) electrons. The van der Waals surface area contributed by atoms with Gasteiger partial charge in [0.1, 0.15) is 0 Å². The van der Waals surface area contributed by atoms with Crippen molar-refractivity contribution in [2.75, 3.05) is 32.7 Å². The van der Waals surface area contributed by atoms with E-state index in [0.717, 1.165) is 51.9 Å². The first-order valence-electron chi connectivity index (χ1n) is 8.36. The molecule has 0 spiro atoms. The van der Waals surface area contributed by atoms with Crippen LogP contribution in [0.3, 0.4) is 0 Å². The molecule has 1 atom stereocenters. The molecule has 0 aromatic heterocycles. The van der Waals surface area contributed by atoms with Crippen LogP contribution < -0.4 is 10.6 Å². The molecule has 0 aromatic rings. The fraction of sp³-hybridized carbons (Fsp3) is 0.875. The van der Waals surface area contributed by atoms with Gasteiger partial charge in [0, 0.05) is 32.6 Å². The highest BCUT2D eigenvalue weighted by atomic mass is 16.2. The molecule has 1 aliphatic heterocycles. The summed E-state index contributed by atoms with van der Waals surface area (Å²) in [7, 11) is 0. The van der Waals surface area contributed by atoms with E-state index in [-0.39, 0.29) is 17.2 Å². The summed E-state index contributed by atoms with van der Waals surface area (Å²) in [5, 5.41) is 6.33. The standard InChI is InChI=1S/C16H31N3O2/c1-4-9-16(10-7-11-17-13-16)15(21)18-12-8-14(20)19(5-2)6-3/h17H,4-13H2,1-3H3,(H,18,21). The number of hydrogen-bond acceptors (Lipinski definition) is 3. The van der Waals surface area contributed by atoms with E-state index in [0.29, 0.717) is 13.0 Å². The molecule has 1 heterocycles. The monoisotopic (exact) mass is 297 g/mol. The summed E-state index contributed by atoms with van der Waals surface area (Å²) in [6, 6.07) is 0. The van der Waals surface area contributed by atoms with E-state index in [4.69, 9.17) is 0 Å². The molecule has 5 nitrogen and oxygen atoms in total. The molecule has 0 bridgehead atoms. The maximum atomic E-state index is 12.5. The van der Waals surface area contributed by atoms with Crippen LogP contribution in [0.25, 0.3) is 0 Å². The first kappa shape index (κ1) is 18.0. The van der Waals surface area contributed by atoms with Gasteiger partial charge in [-0.15, -0.1) is 0 Å². The number of hydrogen-bond donors (Lipinski definition) is 2. The lowest BCUT2D eigenvalue weighted by molar-refractivity contribution is -0.133. The van der Waals surface area contributed by atoms with E-state index < -0.39 is 0 Å². The van der Waals surface area contributed by atoms with Gasteiger partial charge in [0.15, 0.2) is 0 Å². The first-order chi connectivity index (χ1) is 10.1. The van der Waals surface area contributed by atoms with Crippen LogP contribution in [0.15, 0.2) is 0 Å². The fourth-order valence-electron chi connectivity index (χ4n) is 3.17. The van der Waals surface area contributed by atoms with Crippen LogP contribution in [0.2, 0.25) is 0 Å². The van der Waals surface area contributed by atoms with Gasteiger partial charge < -0.3 is 15.5 Å². The molecule has 0 saturated carbocycles. The summed E-state index contributed by atoms with van der Waals surface area (Å²) >= 11 is 0. The van der Waals surface area contributed by atoms with Crippen LogP contribution in [-0.4, -0.2) is 49.4 Å². The molecule has 2 N–H and O–H groups in total. The predicted molar refractivity (Wildman–Crippen MR) is 85.0 cm³/mol. The van der Waals surface area contributed by atoms with Gasteiger partial charge in [-0.3, -0.25) is 9.59 Å².